The number of amides is 1. The van der Waals surface area contributed by atoms with E-state index in [2.05, 4.69) is 0 Å². The Morgan fingerprint density at radius 3 is 2.30 bits per heavy atom. The van der Waals surface area contributed by atoms with Crippen LogP contribution in [0.2, 0.25) is 0 Å². The molecule has 1 aromatic carbocycles. The van der Waals surface area contributed by atoms with Gasteiger partial charge in [0, 0.05) is 24.2 Å². The van der Waals surface area contributed by atoms with Gasteiger partial charge in [-0.05, 0) is 32.4 Å². The number of anilines is 1. The monoisotopic (exact) mass is 278 g/mol. The fourth-order valence-electron chi connectivity index (χ4n) is 1.78. The van der Waals surface area contributed by atoms with E-state index in [1.807, 2.05) is 32.0 Å². The summed E-state index contributed by atoms with van der Waals surface area (Å²) in [7, 11) is 0. The van der Waals surface area contributed by atoms with E-state index in [1.54, 1.807) is 12.1 Å². The summed E-state index contributed by atoms with van der Waals surface area (Å²) < 4.78 is 0. The fraction of sp³-hybridized carbons (Fsp3) is 0.467. The van der Waals surface area contributed by atoms with Crippen molar-refractivity contribution in [1.29, 1.82) is 0 Å². The number of carbonyl (C=O) groups excluding carboxylic acids is 1. The molecule has 0 saturated carbocycles. The number of rotatable bonds is 7. The van der Waals surface area contributed by atoms with Gasteiger partial charge in [-0.25, -0.2) is 0 Å². The summed E-state index contributed by atoms with van der Waals surface area (Å²) in [5.41, 5.74) is 6.18. The lowest BCUT2D eigenvalue weighted by Crippen LogP contribution is -2.37. The third kappa shape index (κ3) is 5.84. The van der Waals surface area contributed by atoms with E-state index in [1.165, 1.54) is 4.90 Å². The zero-order chi connectivity index (χ0) is 15.2. The summed E-state index contributed by atoms with van der Waals surface area (Å²) in [6, 6.07) is 9.10. The predicted octanol–water partition coefficient (Wildman–Crippen LogP) is 2.01. The van der Waals surface area contributed by atoms with Gasteiger partial charge in [-0.3, -0.25) is 9.59 Å². The lowest BCUT2D eigenvalue weighted by atomic mass is 9.99. The van der Waals surface area contributed by atoms with Crippen LogP contribution in [0.15, 0.2) is 30.3 Å². The Labute approximate surface area is 119 Å². The highest BCUT2D eigenvalue weighted by Gasteiger charge is 2.19. The smallest absolute Gasteiger partial charge is 0.305 e. The van der Waals surface area contributed by atoms with E-state index in [0.29, 0.717) is 18.5 Å². The van der Waals surface area contributed by atoms with Crippen molar-refractivity contribution in [3.63, 3.8) is 0 Å². The molecule has 1 amide bonds. The molecule has 0 aliphatic carbocycles. The van der Waals surface area contributed by atoms with Crippen LogP contribution in [0.1, 0.15) is 33.1 Å². The van der Waals surface area contributed by atoms with Crippen molar-refractivity contribution < 1.29 is 14.7 Å². The third-order valence-electron chi connectivity index (χ3n) is 2.90. The Morgan fingerprint density at radius 2 is 1.80 bits per heavy atom. The maximum Gasteiger partial charge on any atom is 0.305 e. The number of nitrogens with zero attached hydrogens (tertiary/aromatic N) is 1. The molecule has 5 nitrogen and oxygen atoms in total. The Bertz CT molecular complexity index is 452. The van der Waals surface area contributed by atoms with Crippen molar-refractivity contribution in [2.24, 2.45) is 5.73 Å². The molecule has 110 valence electrons. The first-order chi connectivity index (χ1) is 9.29. The number of hydrogen-bond acceptors (Lipinski definition) is 3. The SMILES string of the molecule is CC(C)(N)CCC(=O)N(CCC(=O)O)c1ccccc1. The van der Waals surface area contributed by atoms with Gasteiger partial charge in [0.05, 0.1) is 6.42 Å². The number of nitrogens with two attached hydrogens (primary N) is 1. The van der Waals surface area contributed by atoms with Crippen molar-refractivity contribution >= 4 is 17.6 Å². The van der Waals surface area contributed by atoms with Crippen LogP contribution < -0.4 is 10.6 Å². The van der Waals surface area contributed by atoms with E-state index in [9.17, 15) is 9.59 Å². The molecule has 0 heterocycles. The molecule has 3 N–H and O–H groups in total. The summed E-state index contributed by atoms with van der Waals surface area (Å²) in [6.07, 6.45) is 0.785. The first-order valence-electron chi connectivity index (χ1n) is 6.66. The zero-order valence-electron chi connectivity index (χ0n) is 12.0. The minimum atomic E-state index is -0.919. The lowest BCUT2D eigenvalue weighted by molar-refractivity contribution is -0.136. The molecule has 0 unspecified atom stereocenters. The predicted molar refractivity (Wildman–Crippen MR) is 78.5 cm³/mol. The molecule has 0 aliphatic heterocycles. The maximum atomic E-state index is 12.3. The van der Waals surface area contributed by atoms with Gasteiger partial charge in [0.25, 0.3) is 0 Å². The van der Waals surface area contributed by atoms with Crippen molar-refractivity contribution in [3.05, 3.63) is 30.3 Å². The van der Waals surface area contributed by atoms with Gasteiger partial charge in [0.2, 0.25) is 5.91 Å². The summed E-state index contributed by atoms with van der Waals surface area (Å²) in [5.74, 6) is -1.02. The largest absolute Gasteiger partial charge is 0.481 e. The second-order valence-electron chi connectivity index (χ2n) is 5.51. The maximum absolute atomic E-state index is 12.3. The first kappa shape index (κ1) is 16.2. The molecule has 0 bridgehead atoms. The van der Waals surface area contributed by atoms with Crippen LogP contribution >= 0.6 is 0 Å². The van der Waals surface area contributed by atoms with Crippen molar-refractivity contribution in [2.45, 2.75) is 38.6 Å². The molecule has 0 atom stereocenters. The van der Waals surface area contributed by atoms with E-state index < -0.39 is 11.5 Å². The highest BCUT2D eigenvalue weighted by atomic mass is 16.4. The van der Waals surface area contributed by atoms with Crippen LogP contribution in [0.4, 0.5) is 5.69 Å². The van der Waals surface area contributed by atoms with E-state index >= 15 is 0 Å². The molecule has 0 fully saturated rings. The highest BCUT2D eigenvalue weighted by molar-refractivity contribution is 5.93. The van der Waals surface area contributed by atoms with Gasteiger partial charge in [-0.1, -0.05) is 18.2 Å². The number of carbonyl (C=O) groups is 2. The Kier molecular flexibility index (Phi) is 5.70. The lowest BCUT2D eigenvalue weighted by Gasteiger charge is -2.24. The molecule has 0 spiro atoms. The average molecular weight is 278 g/mol. The Morgan fingerprint density at radius 1 is 1.20 bits per heavy atom. The molecule has 5 heteroatoms. The second kappa shape index (κ2) is 7.05. The Balaban J connectivity index is 2.77. The minimum absolute atomic E-state index is 0.0767. The highest BCUT2D eigenvalue weighted by Crippen LogP contribution is 2.17. The number of benzene rings is 1. The fourth-order valence-corrected chi connectivity index (χ4v) is 1.78. The second-order valence-corrected chi connectivity index (χ2v) is 5.51. The molecular formula is C15H22N2O3. The van der Waals surface area contributed by atoms with Gasteiger partial charge in [0.1, 0.15) is 0 Å². The number of para-hydroxylation sites is 1. The van der Waals surface area contributed by atoms with Gasteiger partial charge in [-0.2, -0.15) is 0 Å². The number of carboxylic acid groups (broad SMARTS) is 1. The minimum Gasteiger partial charge on any atom is -0.481 e. The summed E-state index contributed by atoms with van der Waals surface area (Å²) in [6.45, 7) is 3.90. The third-order valence-corrected chi connectivity index (χ3v) is 2.90. The van der Waals surface area contributed by atoms with Gasteiger partial charge in [-0.15, -0.1) is 0 Å². The molecule has 1 rings (SSSR count). The molecule has 0 aromatic heterocycles. The standard InChI is InChI=1S/C15H22N2O3/c1-15(2,16)10-8-13(18)17(11-9-14(19)20)12-6-4-3-5-7-12/h3-7H,8-11,16H2,1-2H3,(H,19,20). The molecular weight excluding hydrogens is 256 g/mol. The Hall–Kier alpha value is -1.88. The number of hydrogen-bond donors (Lipinski definition) is 2. The quantitative estimate of drug-likeness (QED) is 0.799. The van der Waals surface area contributed by atoms with Crippen LogP contribution in [0.3, 0.4) is 0 Å². The van der Waals surface area contributed by atoms with Crippen molar-refractivity contribution in [3.8, 4) is 0 Å². The van der Waals surface area contributed by atoms with Crippen LogP contribution in [0, 0.1) is 0 Å². The van der Waals surface area contributed by atoms with Gasteiger partial charge in [0.15, 0.2) is 0 Å². The van der Waals surface area contributed by atoms with E-state index in [4.69, 9.17) is 10.8 Å². The van der Waals surface area contributed by atoms with E-state index in [-0.39, 0.29) is 18.9 Å². The normalized spacial score (nSPS) is 11.2. The van der Waals surface area contributed by atoms with Crippen LogP contribution in [-0.4, -0.2) is 29.1 Å². The average Bonchev–Trinajstić information content (AvgIpc) is 2.36. The van der Waals surface area contributed by atoms with Crippen molar-refractivity contribution in [2.75, 3.05) is 11.4 Å². The molecule has 0 radical (unpaired) electrons. The summed E-state index contributed by atoms with van der Waals surface area (Å²) >= 11 is 0. The van der Waals surface area contributed by atoms with Gasteiger partial charge >= 0.3 is 5.97 Å². The molecule has 0 saturated heterocycles. The summed E-state index contributed by atoms with van der Waals surface area (Å²) in [4.78, 5) is 24.5. The number of aliphatic carboxylic acids is 1. The topological polar surface area (TPSA) is 83.6 Å². The van der Waals surface area contributed by atoms with Crippen molar-refractivity contribution in [1.82, 2.24) is 0 Å². The molecule has 1 aromatic rings. The zero-order valence-corrected chi connectivity index (χ0v) is 12.0. The molecule has 20 heavy (non-hydrogen) atoms. The van der Waals surface area contributed by atoms with Gasteiger partial charge < -0.3 is 15.7 Å². The first-order valence-corrected chi connectivity index (χ1v) is 6.66. The molecule has 0 aliphatic rings. The van der Waals surface area contributed by atoms with Crippen LogP contribution in [0.5, 0.6) is 0 Å². The van der Waals surface area contributed by atoms with E-state index in [0.717, 1.165) is 0 Å². The van der Waals surface area contributed by atoms with Crippen LogP contribution in [0.25, 0.3) is 0 Å². The number of carboxylic acids is 1. The van der Waals surface area contributed by atoms with Crippen LogP contribution in [-0.2, 0) is 9.59 Å². The summed E-state index contributed by atoms with van der Waals surface area (Å²) in [5, 5.41) is 8.79.